The lowest BCUT2D eigenvalue weighted by molar-refractivity contribution is -0.151. The van der Waals surface area contributed by atoms with Crippen molar-refractivity contribution < 1.29 is 14.7 Å². The number of hydrogen-bond donors (Lipinski definition) is 2. The second-order valence-corrected chi connectivity index (χ2v) is 10.8. The summed E-state index contributed by atoms with van der Waals surface area (Å²) in [4.78, 5) is 27.5. The number of carbonyl (C=O) groups excluding carboxylic acids is 2. The molecule has 5 heteroatoms. The maximum Gasteiger partial charge on any atom is 0.225 e. The standard InChI is InChI=1S/C24H40N2O3/c1-15(23(29)26-13-5-4-6-14-26)18-9-11-24(3)12-10-19(16(2)20(24)21(18)27)25-22(28)17-7-8-17/h15-21,27H,4-14H2,1-3H3,(H,25,28)/t15-,16+,18-,19-,20+,21-,24-/m0/s1. The molecule has 0 aromatic carbocycles. The van der Waals surface area contributed by atoms with Gasteiger partial charge in [0, 0.05) is 31.0 Å². The smallest absolute Gasteiger partial charge is 0.225 e. The SMILES string of the molecule is C[C@H]1[C@@H]2[C@@H](O)[C@H]([C@H](C)C(=O)N3CCCCC3)CC[C@@]2(C)CC[C@@H]1NC(=O)C1CC1. The van der Waals surface area contributed by atoms with Gasteiger partial charge >= 0.3 is 0 Å². The van der Waals surface area contributed by atoms with E-state index in [9.17, 15) is 14.7 Å². The second kappa shape index (κ2) is 8.20. The van der Waals surface area contributed by atoms with Crippen molar-refractivity contribution in [2.75, 3.05) is 13.1 Å². The molecule has 0 spiro atoms. The van der Waals surface area contributed by atoms with Crippen molar-refractivity contribution in [2.45, 2.75) is 90.7 Å². The number of aliphatic hydroxyl groups excluding tert-OH is 1. The minimum absolute atomic E-state index is 0.0304. The Morgan fingerprint density at radius 1 is 1.07 bits per heavy atom. The lowest BCUT2D eigenvalue weighted by Gasteiger charge is -2.56. The molecule has 0 radical (unpaired) electrons. The topological polar surface area (TPSA) is 69.6 Å². The van der Waals surface area contributed by atoms with Crippen LogP contribution >= 0.6 is 0 Å². The van der Waals surface area contributed by atoms with E-state index in [1.165, 1.54) is 6.42 Å². The van der Waals surface area contributed by atoms with Crippen LogP contribution in [0.2, 0.25) is 0 Å². The Morgan fingerprint density at radius 2 is 1.72 bits per heavy atom. The molecule has 0 aromatic rings. The largest absolute Gasteiger partial charge is 0.392 e. The molecule has 3 aliphatic carbocycles. The summed E-state index contributed by atoms with van der Waals surface area (Å²) >= 11 is 0. The van der Waals surface area contributed by atoms with Crippen LogP contribution in [-0.2, 0) is 9.59 Å². The van der Waals surface area contributed by atoms with E-state index < -0.39 is 6.10 Å². The minimum atomic E-state index is -0.465. The van der Waals surface area contributed by atoms with Gasteiger partial charge < -0.3 is 15.3 Å². The lowest BCUT2D eigenvalue weighted by atomic mass is 9.51. The first-order chi connectivity index (χ1) is 13.8. The average molecular weight is 405 g/mol. The Labute approximate surface area is 176 Å². The monoisotopic (exact) mass is 404 g/mol. The van der Waals surface area contributed by atoms with E-state index in [1.807, 2.05) is 11.8 Å². The van der Waals surface area contributed by atoms with Crippen LogP contribution in [0.3, 0.4) is 0 Å². The van der Waals surface area contributed by atoms with Crippen LogP contribution in [0.5, 0.6) is 0 Å². The molecule has 5 nitrogen and oxygen atoms in total. The molecule has 164 valence electrons. The highest BCUT2D eigenvalue weighted by Crippen LogP contribution is 2.55. The fraction of sp³-hybridized carbons (Fsp3) is 0.917. The molecule has 7 atom stereocenters. The Morgan fingerprint density at radius 3 is 2.38 bits per heavy atom. The third-order valence-corrected chi connectivity index (χ3v) is 8.86. The van der Waals surface area contributed by atoms with Gasteiger partial charge in [-0.1, -0.05) is 20.8 Å². The lowest BCUT2D eigenvalue weighted by Crippen LogP contribution is -2.59. The van der Waals surface area contributed by atoms with Crippen molar-refractivity contribution in [2.24, 2.45) is 35.0 Å². The zero-order valence-electron chi connectivity index (χ0n) is 18.5. The first-order valence-corrected chi connectivity index (χ1v) is 12.1. The van der Waals surface area contributed by atoms with Crippen molar-refractivity contribution in [3.05, 3.63) is 0 Å². The zero-order valence-corrected chi connectivity index (χ0v) is 18.5. The van der Waals surface area contributed by atoms with Gasteiger partial charge in [-0.05, 0) is 81.0 Å². The number of hydrogen-bond acceptors (Lipinski definition) is 3. The number of carbonyl (C=O) groups is 2. The molecule has 4 aliphatic rings. The van der Waals surface area contributed by atoms with Crippen LogP contribution in [0, 0.1) is 35.0 Å². The van der Waals surface area contributed by atoms with Crippen LogP contribution in [0.25, 0.3) is 0 Å². The Bertz CT molecular complexity index is 628. The van der Waals surface area contributed by atoms with Crippen LogP contribution in [0.15, 0.2) is 0 Å². The normalized spacial score (nSPS) is 41.4. The van der Waals surface area contributed by atoms with Crippen molar-refractivity contribution in [1.82, 2.24) is 10.2 Å². The average Bonchev–Trinajstić information content (AvgIpc) is 3.55. The number of fused-ring (bicyclic) bond motifs is 1. The predicted octanol–water partition coefficient (Wildman–Crippen LogP) is 3.35. The molecule has 3 saturated carbocycles. The van der Waals surface area contributed by atoms with Crippen molar-refractivity contribution in [1.29, 1.82) is 0 Å². The molecule has 1 heterocycles. The van der Waals surface area contributed by atoms with Crippen molar-refractivity contribution >= 4 is 11.8 Å². The number of piperidine rings is 1. The van der Waals surface area contributed by atoms with E-state index in [0.717, 1.165) is 64.5 Å². The van der Waals surface area contributed by atoms with E-state index in [0.29, 0.717) is 0 Å². The second-order valence-electron chi connectivity index (χ2n) is 10.8. The molecular weight excluding hydrogens is 364 g/mol. The van der Waals surface area contributed by atoms with E-state index in [-0.39, 0.29) is 52.9 Å². The molecule has 2 amide bonds. The predicted molar refractivity (Wildman–Crippen MR) is 113 cm³/mol. The summed E-state index contributed by atoms with van der Waals surface area (Å²) in [6.45, 7) is 8.32. The van der Waals surface area contributed by atoms with E-state index in [4.69, 9.17) is 0 Å². The molecule has 4 rings (SSSR count). The number of nitrogens with one attached hydrogen (secondary N) is 1. The molecule has 29 heavy (non-hydrogen) atoms. The molecule has 0 bridgehead atoms. The van der Waals surface area contributed by atoms with Gasteiger partial charge in [-0.25, -0.2) is 0 Å². The number of aliphatic hydroxyl groups is 1. The molecule has 4 fully saturated rings. The van der Waals surface area contributed by atoms with Gasteiger partial charge in [-0.2, -0.15) is 0 Å². The van der Waals surface area contributed by atoms with Gasteiger partial charge in [0.05, 0.1) is 6.10 Å². The summed E-state index contributed by atoms with van der Waals surface area (Å²) in [5.41, 5.74) is 0.115. The molecular formula is C24H40N2O3. The molecule has 2 N–H and O–H groups in total. The summed E-state index contributed by atoms with van der Waals surface area (Å²) < 4.78 is 0. The third kappa shape index (κ3) is 4.08. The Hall–Kier alpha value is -1.10. The van der Waals surface area contributed by atoms with Gasteiger partial charge in [0.15, 0.2) is 0 Å². The van der Waals surface area contributed by atoms with Crippen LogP contribution in [-0.4, -0.2) is 47.1 Å². The summed E-state index contributed by atoms with van der Waals surface area (Å²) in [5, 5.41) is 14.8. The quantitative estimate of drug-likeness (QED) is 0.755. The Balaban J connectivity index is 1.46. The molecule has 0 unspecified atom stereocenters. The first-order valence-electron chi connectivity index (χ1n) is 12.1. The van der Waals surface area contributed by atoms with Crippen LogP contribution < -0.4 is 5.32 Å². The van der Waals surface area contributed by atoms with Crippen LogP contribution in [0.4, 0.5) is 0 Å². The van der Waals surface area contributed by atoms with Crippen molar-refractivity contribution in [3.63, 3.8) is 0 Å². The van der Waals surface area contributed by atoms with Gasteiger partial charge in [-0.15, -0.1) is 0 Å². The summed E-state index contributed by atoms with van der Waals surface area (Å²) in [6.07, 6.45) is 9.07. The molecule has 1 aliphatic heterocycles. The number of nitrogens with zero attached hydrogens (tertiary/aromatic N) is 1. The van der Waals surface area contributed by atoms with Gasteiger partial charge in [0.25, 0.3) is 0 Å². The highest BCUT2D eigenvalue weighted by Gasteiger charge is 2.54. The van der Waals surface area contributed by atoms with E-state index in [2.05, 4.69) is 19.2 Å². The van der Waals surface area contributed by atoms with Crippen LogP contribution in [0.1, 0.15) is 78.6 Å². The molecule has 1 saturated heterocycles. The fourth-order valence-electron chi connectivity index (χ4n) is 6.73. The zero-order chi connectivity index (χ0) is 20.8. The van der Waals surface area contributed by atoms with E-state index >= 15 is 0 Å². The Kier molecular flexibility index (Phi) is 5.98. The summed E-state index contributed by atoms with van der Waals surface area (Å²) in [5.74, 6) is 0.967. The highest BCUT2D eigenvalue weighted by molar-refractivity contribution is 5.81. The summed E-state index contributed by atoms with van der Waals surface area (Å²) in [7, 11) is 0. The van der Waals surface area contributed by atoms with Gasteiger partial charge in [0.1, 0.15) is 0 Å². The number of rotatable bonds is 4. The maximum absolute atomic E-state index is 13.1. The minimum Gasteiger partial charge on any atom is -0.392 e. The fourth-order valence-corrected chi connectivity index (χ4v) is 6.73. The maximum atomic E-state index is 13.1. The first kappa shape index (κ1) is 21.1. The third-order valence-electron chi connectivity index (χ3n) is 8.86. The number of likely N-dealkylation sites (tertiary alicyclic amines) is 1. The highest BCUT2D eigenvalue weighted by atomic mass is 16.3. The van der Waals surface area contributed by atoms with E-state index in [1.54, 1.807) is 0 Å². The van der Waals surface area contributed by atoms with Crippen molar-refractivity contribution in [3.8, 4) is 0 Å². The number of amides is 2. The summed E-state index contributed by atoms with van der Waals surface area (Å²) in [6, 6.07) is 0.155. The van der Waals surface area contributed by atoms with Gasteiger partial charge in [-0.3, -0.25) is 9.59 Å². The van der Waals surface area contributed by atoms with Gasteiger partial charge in [0.2, 0.25) is 11.8 Å². The molecule has 0 aromatic heterocycles.